The second kappa shape index (κ2) is 12.9. The van der Waals surface area contributed by atoms with E-state index in [9.17, 15) is 0 Å². The molecule has 0 heterocycles. The molecule has 1 saturated carbocycles. The summed E-state index contributed by atoms with van der Waals surface area (Å²) >= 11 is 0. The normalized spacial score (nSPS) is 15.3. The molecule has 0 unspecified atom stereocenters. The third-order valence-electron chi connectivity index (χ3n) is 14.2. The summed E-state index contributed by atoms with van der Waals surface area (Å²) in [6.45, 7) is 4.80. The molecular weight excluding hydrogens is 711 g/mol. The van der Waals surface area contributed by atoms with Crippen LogP contribution in [0, 0.1) is 0 Å². The Kier molecular flexibility index (Phi) is 7.51. The quantitative estimate of drug-likeness (QED) is 0.158. The second-order valence-corrected chi connectivity index (χ2v) is 17.6. The number of hydrogen-bond donors (Lipinski definition) is 0. The summed E-state index contributed by atoms with van der Waals surface area (Å²) in [5, 5.41) is 5.12. The molecule has 1 heteroatoms. The predicted octanol–water partition coefficient (Wildman–Crippen LogP) is 15.9. The van der Waals surface area contributed by atoms with Crippen LogP contribution in [0.4, 0.5) is 17.1 Å². The second-order valence-electron chi connectivity index (χ2n) is 17.6. The van der Waals surface area contributed by atoms with Crippen LogP contribution in [0.5, 0.6) is 0 Å². The van der Waals surface area contributed by atoms with Gasteiger partial charge in [-0.1, -0.05) is 184 Å². The van der Waals surface area contributed by atoms with Gasteiger partial charge < -0.3 is 4.90 Å². The highest BCUT2D eigenvalue weighted by molar-refractivity contribution is 6.12. The lowest BCUT2D eigenvalue weighted by atomic mass is 9.76. The lowest BCUT2D eigenvalue weighted by Crippen LogP contribution is -2.21. The summed E-state index contributed by atoms with van der Waals surface area (Å²) in [5.41, 5.74) is 19.8. The fraction of sp³-hybridized carbons (Fsp3) is 0.138. The fourth-order valence-electron chi connectivity index (χ4n) is 11.6. The first kappa shape index (κ1) is 34.4. The van der Waals surface area contributed by atoms with Crippen molar-refractivity contribution in [3.05, 3.63) is 210 Å². The minimum Gasteiger partial charge on any atom is -0.310 e. The van der Waals surface area contributed by atoms with Crippen molar-refractivity contribution in [3.63, 3.8) is 0 Å². The van der Waals surface area contributed by atoms with E-state index in [1.807, 2.05) is 0 Å². The summed E-state index contributed by atoms with van der Waals surface area (Å²) in [5.74, 6) is 0. The molecule has 0 saturated heterocycles. The Labute approximate surface area is 347 Å². The molecule has 0 N–H and O–H groups in total. The molecule has 1 nitrogen and oxygen atoms in total. The van der Waals surface area contributed by atoms with Crippen molar-refractivity contribution in [2.24, 2.45) is 0 Å². The fourth-order valence-corrected chi connectivity index (χ4v) is 11.6. The van der Waals surface area contributed by atoms with E-state index in [-0.39, 0.29) is 10.8 Å². The van der Waals surface area contributed by atoms with E-state index >= 15 is 0 Å². The maximum Gasteiger partial charge on any atom is 0.0540 e. The Morgan fingerprint density at radius 1 is 0.390 bits per heavy atom. The van der Waals surface area contributed by atoms with E-state index in [4.69, 9.17) is 0 Å². The molecule has 3 aliphatic rings. The van der Waals surface area contributed by atoms with E-state index in [0.29, 0.717) is 0 Å². The van der Waals surface area contributed by atoms with Gasteiger partial charge in [0.15, 0.2) is 0 Å². The Morgan fingerprint density at radius 2 is 0.983 bits per heavy atom. The maximum atomic E-state index is 2.56. The average Bonchev–Trinajstić information content (AvgIpc) is 3.96. The highest BCUT2D eigenvalue weighted by Crippen LogP contribution is 2.59. The van der Waals surface area contributed by atoms with Crippen molar-refractivity contribution in [1.29, 1.82) is 0 Å². The van der Waals surface area contributed by atoms with Gasteiger partial charge in [-0.05, 0) is 126 Å². The van der Waals surface area contributed by atoms with Gasteiger partial charge in [-0.3, -0.25) is 0 Å². The monoisotopic (exact) mass is 755 g/mol. The molecule has 12 rings (SSSR count). The maximum absolute atomic E-state index is 2.56. The molecule has 1 spiro atoms. The lowest BCUT2D eigenvalue weighted by Gasteiger charge is -2.32. The first-order chi connectivity index (χ1) is 29.0. The zero-order chi connectivity index (χ0) is 39.3. The first-order valence-corrected chi connectivity index (χ1v) is 21.4. The largest absolute Gasteiger partial charge is 0.310 e. The zero-order valence-electron chi connectivity index (χ0n) is 33.7. The minimum atomic E-state index is -0.146. The first-order valence-electron chi connectivity index (χ1n) is 21.4. The Morgan fingerprint density at radius 3 is 1.83 bits per heavy atom. The number of rotatable bonds is 5. The van der Waals surface area contributed by atoms with Gasteiger partial charge in [-0.15, -0.1) is 0 Å². The van der Waals surface area contributed by atoms with Gasteiger partial charge >= 0.3 is 0 Å². The van der Waals surface area contributed by atoms with Crippen molar-refractivity contribution in [3.8, 4) is 44.5 Å². The van der Waals surface area contributed by atoms with E-state index in [2.05, 4.69) is 207 Å². The molecule has 0 amide bonds. The van der Waals surface area contributed by atoms with E-state index in [1.54, 1.807) is 0 Å². The molecular formula is C58H45N. The lowest BCUT2D eigenvalue weighted by molar-refractivity contribution is 0.550. The van der Waals surface area contributed by atoms with Crippen LogP contribution < -0.4 is 4.90 Å². The van der Waals surface area contributed by atoms with Crippen molar-refractivity contribution in [2.45, 2.75) is 50.4 Å². The third-order valence-corrected chi connectivity index (χ3v) is 14.2. The summed E-state index contributed by atoms with van der Waals surface area (Å²) in [4.78, 5) is 2.56. The van der Waals surface area contributed by atoms with Crippen LogP contribution in [-0.2, 0) is 10.8 Å². The van der Waals surface area contributed by atoms with Gasteiger partial charge in [0.25, 0.3) is 0 Å². The third kappa shape index (κ3) is 4.98. The van der Waals surface area contributed by atoms with Crippen LogP contribution in [0.15, 0.2) is 188 Å². The summed E-state index contributed by atoms with van der Waals surface area (Å²) < 4.78 is 0. The van der Waals surface area contributed by atoms with Gasteiger partial charge in [0.2, 0.25) is 0 Å². The SMILES string of the molecule is CC1(C)c2ccccc2-c2cccc(-c3ccccc3N(c3cccc(-c4cccc5c4ccc4ccccc45)c3)c3ccc4c(c3)C3(CCCC3)c3ccccc3-4)c21. The summed E-state index contributed by atoms with van der Waals surface area (Å²) in [6.07, 6.45) is 4.94. The molecule has 9 aromatic rings. The van der Waals surface area contributed by atoms with E-state index < -0.39 is 0 Å². The molecule has 282 valence electrons. The molecule has 0 atom stereocenters. The number of nitrogens with zero attached hydrogens (tertiary/aromatic N) is 1. The Hall–Kier alpha value is -6.70. The average molecular weight is 756 g/mol. The predicted molar refractivity (Wildman–Crippen MR) is 249 cm³/mol. The topological polar surface area (TPSA) is 3.24 Å². The van der Waals surface area contributed by atoms with E-state index in [1.165, 1.54) is 125 Å². The number of para-hydroxylation sites is 1. The number of hydrogen-bond acceptors (Lipinski definition) is 1. The summed E-state index contributed by atoms with van der Waals surface area (Å²) in [7, 11) is 0. The Balaban J connectivity index is 1.09. The van der Waals surface area contributed by atoms with Crippen molar-refractivity contribution in [1.82, 2.24) is 0 Å². The molecule has 0 radical (unpaired) electrons. The van der Waals surface area contributed by atoms with Crippen LogP contribution in [0.3, 0.4) is 0 Å². The molecule has 3 aliphatic carbocycles. The molecule has 0 aliphatic heterocycles. The van der Waals surface area contributed by atoms with Gasteiger partial charge in [0.05, 0.1) is 5.69 Å². The van der Waals surface area contributed by atoms with E-state index in [0.717, 1.165) is 5.69 Å². The zero-order valence-corrected chi connectivity index (χ0v) is 33.7. The number of benzene rings is 9. The highest BCUT2D eigenvalue weighted by Gasteiger charge is 2.45. The van der Waals surface area contributed by atoms with Crippen LogP contribution in [0.2, 0.25) is 0 Å². The van der Waals surface area contributed by atoms with Crippen LogP contribution in [0.1, 0.15) is 61.8 Å². The van der Waals surface area contributed by atoms with Gasteiger partial charge in [0, 0.05) is 27.8 Å². The van der Waals surface area contributed by atoms with Crippen molar-refractivity contribution in [2.75, 3.05) is 4.90 Å². The summed E-state index contributed by atoms with van der Waals surface area (Å²) in [6, 6.07) is 71.0. The van der Waals surface area contributed by atoms with Gasteiger partial charge in [-0.2, -0.15) is 0 Å². The van der Waals surface area contributed by atoms with Crippen LogP contribution in [0.25, 0.3) is 66.1 Å². The molecule has 59 heavy (non-hydrogen) atoms. The molecule has 1 fully saturated rings. The van der Waals surface area contributed by atoms with Gasteiger partial charge in [-0.25, -0.2) is 0 Å². The van der Waals surface area contributed by atoms with Crippen molar-refractivity contribution >= 4 is 38.6 Å². The molecule has 0 bridgehead atoms. The van der Waals surface area contributed by atoms with Crippen molar-refractivity contribution < 1.29 is 0 Å². The Bertz CT molecular complexity index is 3160. The smallest absolute Gasteiger partial charge is 0.0540 e. The molecule has 9 aromatic carbocycles. The standard InChI is InChI=1S/C58H45N/c1-57(2)52-27-8-5-21-47(52)50-25-15-26-51(56(50)57)49-22-7-10-29-55(49)59(41-31-33-48-46-20-6-9-28-53(46)58(54(48)37-41)34-11-12-35-58)40-18-13-17-39(36-40)43-23-14-24-44-42-19-4-3-16-38(42)30-32-45(43)44/h3-10,13-33,36-37H,11-12,34-35H2,1-2H3. The highest BCUT2D eigenvalue weighted by atomic mass is 15.1. The minimum absolute atomic E-state index is 0.0662. The number of anilines is 3. The number of fused-ring (bicyclic) bond motifs is 11. The van der Waals surface area contributed by atoms with Gasteiger partial charge in [0.1, 0.15) is 0 Å². The molecule has 0 aromatic heterocycles. The van der Waals surface area contributed by atoms with Crippen LogP contribution >= 0.6 is 0 Å². The van der Waals surface area contributed by atoms with Crippen LogP contribution in [-0.4, -0.2) is 0 Å².